The molecule has 0 spiro atoms. The van der Waals surface area contributed by atoms with Gasteiger partial charge in [-0.25, -0.2) is 4.79 Å². The molecule has 2 aromatic carbocycles. The smallest absolute Gasteiger partial charge is 0.312 e. The van der Waals surface area contributed by atoms with Crippen LogP contribution < -0.4 is 15.8 Å². The number of carbonyl (C=O) groups excluding carboxylic acids is 1. The summed E-state index contributed by atoms with van der Waals surface area (Å²) in [6.45, 7) is 0. The first-order valence-corrected chi connectivity index (χ1v) is 6.65. The van der Waals surface area contributed by atoms with E-state index in [1.54, 1.807) is 24.3 Å². The zero-order valence-corrected chi connectivity index (χ0v) is 11.7. The lowest BCUT2D eigenvalue weighted by molar-refractivity contribution is -0.137. The van der Waals surface area contributed by atoms with Gasteiger partial charge in [0.1, 0.15) is 11.5 Å². The van der Waals surface area contributed by atoms with E-state index in [-0.39, 0.29) is 6.42 Å². The van der Waals surface area contributed by atoms with Crippen molar-refractivity contribution in [3.8, 4) is 11.5 Å². The number of primary amides is 1. The van der Waals surface area contributed by atoms with E-state index in [1.165, 1.54) is 0 Å². The van der Waals surface area contributed by atoms with Crippen molar-refractivity contribution < 1.29 is 19.4 Å². The van der Waals surface area contributed by atoms with Crippen LogP contribution in [0.2, 0.25) is 0 Å². The number of hydrogen-bond acceptors (Lipinski definition) is 3. The zero-order valence-electron chi connectivity index (χ0n) is 11.7. The van der Waals surface area contributed by atoms with Crippen molar-refractivity contribution in [2.24, 2.45) is 5.73 Å². The summed E-state index contributed by atoms with van der Waals surface area (Å²) in [5.41, 5.74) is 5.70. The minimum absolute atomic E-state index is 0.266. The fourth-order valence-electron chi connectivity index (χ4n) is 2.02. The van der Waals surface area contributed by atoms with Gasteiger partial charge in [-0.1, -0.05) is 30.3 Å². The molecule has 1 atom stereocenters. The highest BCUT2D eigenvalue weighted by molar-refractivity contribution is 5.74. The summed E-state index contributed by atoms with van der Waals surface area (Å²) in [6.07, 6.45) is -0.266. The van der Waals surface area contributed by atoms with Gasteiger partial charge in [-0.15, -0.1) is 0 Å². The second kappa shape index (κ2) is 7.12. The van der Waals surface area contributed by atoms with Gasteiger partial charge in [-0.05, 0) is 29.8 Å². The van der Waals surface area contributed by atoms with E-state index in [1.807, 2.05) is 30.3 Å². The van der Waals surface area contributed by atoms with Gasteiger partial charge in [0.15, 0.2) is 0 Å². The average Bonchev–Trinajstić information content (AvgIpc) is 2.47. The second-order valence-electron chi connectivity index (χ2n) is 4.65. The number of hydrogen-bond donors (Lipinski definition) is 3. The van der Waals surface area contributed by atoms with Crippen LogP contribution in [0, 0.1) is 0 Å². The molecule has 114 valence electrons. The minimum atomic E-state index is -1.03. The molecule has 0 fully saturated rings. The first kappa shape index (κ1) is 15.4. The van der Waals surface area contributed by atoms with Crippen LogP contribution in [0.1, 0.15) is 18.0 Å². The van der Waals surface area contributed by atoms with E-state index in [9.17, 15) is 9.59 Å². The topological polar surface area (TPSA) is 102 Å². The number of carbonyl (C=O) groups is 2. The van der Waals surface area contributed by atoms with E-state index in [0.717, 1.165) is 0 Å². The van der Waals surface area contributed by atoms with E-state index in [0.29, 0.717) is 17.1 Å². The lowest BCUT2D eigenvalue weighted by Crippen LogP contribution is -2.34. The van der Waals surface area contributed by atoms with Crippen molar-refractivity contribution >= 4 is 12.0 Å². The molecular weight excluding hydrogens is 284 g/mol. The number of amides is 2. The van der Waals surface area contributed by atoms with Gasteiger partial charge in [0.25, 0.3) is 0 Å². The Morgan fingerprint density at radius 3 is 2.41 bits per heavy atom. The van der Waals surface area contributed by atoms with Crippen molar-refractivity contribution in [1.82, 2.24) is 5.32 Å². The van der Waals surface area contributed by atoms with Crippen LogP contribution in [0.25, 0.3) is 0 Å². The third-order valence-electron chi connectivity index (χ3n) is 2.93. The number of benzene rings is 2. The second-order valence-corrected chi connectivity index (χ2v) is 4.65. The summed E-state index contributed by atoms with van der Waals surface area (Å²) in [5, 5.41) is 11.4. The Morgan fingerprint density at radius 1 is 1.09 bits per heavy atom. The molecule has 22 heavy (non-hydrogen) atoms. The third kappa shape index (κ3) is 4.52. The summed E-state index contributed by atoms with van der Waals surface area (Å²) in [6, 6.07) is 14.6. The highest BCUT2D eigenvalue weighted by Crippen LogP contribution is 2.25. The fraction of sp³-hybridized carbons (Fsp3) is 0.125. The SMILES string of the molecule is NC(=O)N[C@H](CC(=O)O)c1cccc(Oc2ccccc2)c1. The summed E-state index contributed by atoms with van der Waals surface area (Å²) in [4.78, 5) is 21.9. The molecule has 0 saturated carbocycles. The highest BCUT2D eigenvalue weighted by Gasteiger charge is 2.17. The Kier molecular flexibility index (Phi) is 4.98. The van der Waals surface area contributed by atoms with E-state index < -0.39 is 18.0 Å². The molecule has 0 heterocycles. The van der Waals surface area contributed by atoms with Gasteiger partial charge in [-0.2, -0.15) is 0 Å². The molecule has 0 aromatic heterocycles. The number of nitrogens with one attached hydrogen (secondary N) is 1. The van der Waals surface area contributed by atoms with Gasteiger partial charge in [0.2, 0.25) is 0 Å². The Morgan fingerprint density at radius 2 is 1.77 bits per heavy atom. The maximum atomic E-state index is 11.0. The van der Waals surface area contributed by atoms with Crippen LogP contribution >= 0.6 is 0 Å². The Bertz CT molecular complexity index is 642. The lowest BCUT2D eigenvalue weighted by atomic mass is 10.0. The molecule has 2 aromatic rings. The molecule has 0 bridgehead atoms. The van der Waals surface area contributed by atoms with Gasteiger partial charge >= 0.3 is 12.0 Å². The first-order chi connectivity index (χ1) is 10.5. The normalized spacial score (nSPS) is 11.5. The Labute approximate surface area is 127 Å². The van der Waals surface area contributed by atoms with Gasteiger partial charge < -0.3 is 20.9 Å². The van der Waals surface area contributed by atoms with E-state index >= 15 is 0 Å². The minimum Gasteiger partial charge on any atom is -0.481 e. The van der Waals surface area contributed by atoms with Crippen LogP contribution in [0.3, 0.4) is 0 Å². The number of aliphatic carboxylic acids is 1. The van der Waals surface area contributed by atoms with Crippen LogP contribution in [-0.2, 0) is 4.79 Å². The van der Waals surface area contributed by atoms with E-state index in [4.69, 9.17) is 15.6 Å². The molecule has 6 nitrogen and oxygen atoms in total. The average molecular weight is 300 g/mol. The number of urea groups is 1. The number of para-hydroxylation sites is 1. The molecule has 0 aliphatic carbocycles. The molecule has 6 heteroatoms. The predicted molar refractivity (Wildman–Crippen MR) is 80.7 cm³/mol. The van der Waals surface area contributed by atoms with Crippen molar-refractivity contribution in [2.45, 2.75) is 12.5 Å². The van der Waals surface area contributed by atoms with Crippen LogP contribution in [0.4, 0.5) is 4.79 Å². The largest absolute Gasteiger partial charge is 0.481 e. The molecular formula is C16H16N2O4. The van der Waals surface area contributed by atoms with E-state index in [2.05, 4.69) is 5.32 Å². The first-order valence-electron chi connectivity index (χ1n) is 6.65. The number of rotatable bonds is 6. The summed E-state index contributed by atoms with van der Waals surface area (Å²) in [7, 11) is 0. The molecule has 0 aliphatic rings. The number of carboxylic acid groups (broad SMARTS) is 1. The third-order valence-corrected chi connectivity index (χ3v) is 2.93. The van der Waals surface area contributed by atoms with Crippen LogP contribution in [0.5, 0.6) is 11.5 Å². The van der Waals surface area contributed by atoms with Gasteiger partial charge in [0.05, 0.1) is 12.5 Å². The van der Waals surface area contributed by atoms with Crippen molar-refractivity contribution in [2.75, 3.05) is 0 Å². The number of ether oxygens (including phenoxy) is 1. The molecule has 2 rings (SSSR count). The van der Waals surface area contributed by atoms with Crippen molar-refractivity contribution in [3.63, 3.8) is 0 Å². The molecule has 2 amide bonds. The van der Waals surface area contributed by atoms with Crippen LogP contribution in [-0.4, -0.2) is 17.1 Å². The monoisotopic (exact) mass is 300 g/mol. The maximum absolute atomic E-state index is 11.0. The quantitative estimate of drug-likeness (QED) is 0.763. The lowest BCUT2D eigenvalue weighted by Gasteiger charge is -2.17. The van der Waals surface area contributed by atoms with Crippen LogP contribution in [0.15, 0.2) is 54.6 Å². The maximum Gasteiger partial charge on any atom is 0.312 e. The van der Waals surface area contributed by atoms with Crippen molar-refractivity contribution in [1.29, 1.82) is 0 Å². The van der Waals surface area contributed by atoms with Crippen molar-refractivity contribution in [3.05, 3.63) is 60.2 Å². The number of nitrogens with two attached hydrogens (primary N) is 1. The fourth-order valence-corrected chi connectivity index (χ4v) is 2.02. The summed E-state index contributed by atoms with van der Waals surface area (Å²) < 4.78 is 5.69. The molecule has 0 saturated heterocycles. The number of carboxylic acids is 1. The summed E-state index contributed by atoms with van der Waals surface area (Å²) in [5.74, 6) is 0.177. The molecule has 0 unspecified atom stereocenters. The zero-order chi connectivity index (χ0) is 15.9. The summed E-state index contributed by atoms with van der Waals surface area (Å²) >= 11 is 0. The Hall–Kier alpha value is -3.02. The highest BCUT2D eigenvalue weighted by atomic mass is 16.5. The molecule has 4 N–H and O–H groups in total. The Balaban J connectivity index is 2.20. The molecule has 0 aliphatic heterocycles. The predicted octanol–water partition coefficient (Wildman–Crippen LogP) is 2.66. The van der Waals surface area contributed by atoms with Gasteiger partial charge in [0, 0.05) is 0 Å². The molecule has 0 radical (unpaired) electrons. The van der Waals surface area contributed by atoms with Gasteiger partial charge in [-0.3, -0.25) is 4.79 Å². The standard InChI is InChI=1S/C16H16N2O4/c17-16(21)18-14(10-15(19)20)11-5-4-8-13(9-11)22-12-6-2-1-3-7-12/h1-9,14H,10H2,(H,19,20)(H3,17,18,21)/t14-/m1/s1.